The first kappa shape index (κ1) is 13.6. The van der Waals surface area contributed by atoms with E-state index in [1.54, 1.807) is 18.2 Å². The maximum absolute atomic E-state index is 14.5. The van der Waals surface area contributed by atoms with Gasteiger partial charge in [0, 0.05) is 12.0 Å². The lowest BCUT2D eigenvalue weighted by Crippen LogP contribution is -2.07. The smallest absolute Gasteiger partial charge is 0.335 e. The molecular formula is C18H15FO2. The Balaban J connectivity index is 2.24. The lowest BCUT2D eigenvalue weighted by atomic mass is 9.84. The first-order chi connectivity index (χ1) is 10.1. The minimum Gasteiger partial charge on any atom is -0.478 e. The second-order valence-corrected chi connectivity index (χ2v) is 5.27. The molecule has 2 aromatic carbocycles. The van der Waals surface area contributed by atoms with Gasteiger partial charge in [-0.15, -0.1) is 0 Å². The van der Waals surface area contributed by atoms with Crippen LogP contribution in [0.1, 0.15) is 39.0 Å². The van der Waals surface area contributed by atoms with Crippen LogP contribution in [0.5, 0.6) is 0 Å². The maximum atomic E-state index is 14.5. The first-order valence-electron chi connectivity index (χ1n) is 6.89. The van der Waals surface area contributed by atoms with Gasteiger partial charge < -0.3 is 5.11 Å². The molecule has 0 saturated heterocycles. The number of halogens is 1. The van der Waals surface area contributed by atoms with Crippen LogP contribution < -0.4 is 0 Å². The van der Waals surface area contributed by atoms with Crippen molar-refractivity contribution in [3.63, 3.8) is 0 Å². The van der Waals surface area contributed by atoms with Crippen molar-refractivity contribution in [3.8, 4) is 0 Å². The second kappa shape index (κ2) is 5.17. The fourth-order valence-electron chi connectivity index (χ4n) is 2.82. The number of allylic oxidation sites excluding steroid dienone is 1. The highest BCUT2D eigenvalue weighted by atomic mass is 19.1. The summed E-state index contributed by atoms with van der Waals surface area (Å²) in [5.74, 6) is -1.16. The fourth-order valence-corrected chi connectivity index (χ4v) is 2.82. The minimum atomic E-state index is -0.993. The zero-order chi connectivity index (χ0) is 15.0. The molecule has 1 N–H and O–H groups in total. The molecule has 0 aliphatic heterocycles. The van der Waals surface area contributed by atoms with Crippen LogP contribution in [0.4, 0.5) is 4.39 Å². The Morgan fingerprint density at radius 1 is 1.10 bits per heavy atom. The summed E-state index contributed by atoms with van der Waals surface area (Å²) >= 11 is 0. The molecule has 0 heterocycles. The molecular weight excluding hydrogens is 267 g/mol. The Bertz CT molecular complexity index is 760. The monoisotopic (exact) mass is 282 g/mol. The van der Waals surface area contributed by atoms with E-state index in [0.29, 0.717) is 24.0 Å². The number of carbonyl (C=O) groups is 1. The summed E-state index contributed by atoms with van der Waals surface area (Å²) in [7, 11) is 0. The highest BCUT2D eigenvalue weighted by Gasteiger charge is 2.22. The van der Waals surface area contributed by atoms with Crippen molar-refractivity contribution in [2.45, 2.75) is 19.8 Å². The number of rotatable bonds is 2. The van der Waals surface area contributed by atoms with E-state index in [4.69, 9.17) is 5.11 Å². The van der Waals surface area contributed by atoms with Crippen LogP contribution in [0.15, 0.2) is 48.3 Å². The summed E-state index contributed by atoms with van der Waals surface area (Å²) in [6.45, 7) is 1.94. The molecule has 21 heavy (non-hydrogen) atoms. The second-order valence-electron chi connectivity index (χ2n) is 5.27. The van der Waals surface area contributed by atoms with Crippen LogP contribution in [0.3, 0.4) is 0 Å². The Labute approximate surface area is 122 Å². The fraction of sp³-hybridized carbons (Fsp3) is 0.167. The van der Waals surface area contributed by atoms with Gasteiger partial charge in [-0.1, -0.05) is 30.3 Å². The van der Waals surface area contributed by atoms with Gasteiger partial charge in [0.05, 0.1) is 5.56 Å². The number of carboxylic acid groups (broad SMARTS) is 1. The van der Waals surface area contributed by atoms with Gasteiger partial charge in [-0.05, 0) is 47.7 Å². The average molecular weight is 282 g/mol. The lowest BCUT2D eigenvalue weighted by Gasteiger charge is -2.21. The summed E-state index contributed by atoms with van der Waals surface area (Å²) in [5.41, 5.74) is 4.24. The molecule has 0 unspecified atom stereocenters. The number of aryl methyl sites for hydroxylation is 2. The molecule has 0 aromatic heterocycles. The van der Waals surface area contributed by atoms with Crippen LogP contribution >= 0.6 is 0 Å². The molecule has 3 heteroatoms. The largest absolute Gasteiger partial charge is 0.478 e. The highest BCUT2D eigenvalue weighted by molar-refractivity contribution is 5.92. The topological polar surface area (TPSA) is 37.3 Å². The van der Waals surface area contributed by atoms with Crippen LogP contribution in [0, 0.1) is 6.92 Å². The summed E-state index contributed by atoms with van der Waals surface area (Å²) in [6, 6.07) is 12.6. The number of fused-ring (bicyclic) bond motifs is 1. The molecule has 0 fully saturated rings. The summed E-state index contributed by atoms with van der Waals surface area (Å²) in [4.78, 5) is 11.2. The quantitative estimate of drug-likeness (QED) is 0.888. The molecule has 1 aliphatic rings. The molecule has 1 aliphatic carbocycles. The van der Waals surface area contributed by atoms with Crippen LogP contribution in [0.25, 0.3) is 5.57 Å². The summed E-state index contributed by atoms with van der Waals surface area (Å²) < 4.78 is 14.5. The number of carboxylic acids is 1. The molecule has 0 bridgehead atoms. The lowest BCUT2D eigenvalue weighted by molar-refractivity contribution is 0.0697. The summed E-state index contributed by atoms with van der Waals surface area (Å²) in [6.07, 6.45) is 0.972. The minimum absolute atomic E-state index is 0.167. The predicted molar refractivity (Wildman–Crippen MR) is 80.0 cm³/mol. The molecule has 0 atom stereocenters. The van der Waals surface area contributed by atoms with E-state index in [1.807, 2.05) is 31.2 Å². The van der Waals surface area contributed by atoms with Crippen LogP contribution in [0.2, 0.25) is 0 Å². The molecule has 2 aromatic rings. The molecule has 106 valence electrons. The van der Waals surface area contributed by atoms with E-state index in [1.165, 1.54) is 0 Å². The van der Waals surface area contributed by atoms with Gasteiger partial charge in [0.25, 0.3) is 0 Å². The Kier molecular flexibility index (Phi) is 3.34. The molecule has 0 amide bonds. The van der Waals surface area contributed by atoms with Crippen LogP contribution in [-0.2, 0) is 6.42 Å². The Morgan fingerprint density at radius 3 is 2.57 bits per heavy atom. The maximum Gasteiger partial charge on any atom is 0.335 e. The Morgan fingerprint density at radius 2 is 1.86 bits per heavy atom. The summed E-state index contributed by atoms with van der Waals surface area (Å²) in [5, 5.41) is 9.15. The number of benzene rings is 2. The van der Waals surface area contributed by atoms with Crippen molar-refractivity contribution in [1.29, 1.82) is 0 Å². The third kappa shape index (κ3) is 2.35. The zero-order valence-electron chi connectivity index (χ0n) is 11.7. The van der Waals surface area contributed by atoms with E-state index in [2.05, 4.69) is 0 Å². The van der Waals surface area contributed by atoms with Gasteiger partial charge in [0.1, 0.15) is 5.83 Å². The predicted octanol–water partition coefficient (Wildman–Crippen LogP) is 4.37. The SMILES string of the molecule is Cc1ccccc1C1=C(F)CCc2ccc(C(=O)O)cc21. The van der Waals surface area contributed by atoms with Crippen molar-refractivity contribution >= 4 is 11.5 Å². The third-order valence-electron chi connectivity index (χ3n) is 3.93. The normalized spacial score (nSPS) is 14.0. The van der Waals surface area contributed by atoms with Crippen molar-refractivity contribution in [3.05, 3.63) is 76.1 Å². The zero-order valence-corrected chi connectivity index (χ0v) is 11.7. The molecule has 0 saturated carbocycles. The van der Waals surface area contributed by atoms with Gasteiger partial charge in [0.2, 0.25) is 0 Å². The van der Waals surface area contributed by atoms with Crippen molar-refractivity contribution < 1.29 is 14.3 Å². The highest BCUT2D eigenvalue weighted by Crippen LogP contribution is 2.38. The Hall–Kier alpha value is -2.42. The van der Waals surface area contributed by atoms with Crippen molar-refractivity contribution in [2.24, 2.45) is 0 Å². The van der Waals surface area contributed by atoms with Gasteiger partial charge in [-0.3, -0.25) is 0 Å². The van der Waals surface area contributed by atoms with E-state index < -0.39 is 5.97 Å². The van der Waals surface area contributed by atoms with Gasteiger partial charge in [-0.25, -0.2) is 9.18 Å². The number of aromatic carboxylic acids is 1. The van der Waals surface area contributed by atoms with E-state index in [-0.39, 0.29) is 11.4 Å². The standard InChI is InChI=1S/C18H15FO2/c1-11-4-2-3-5-14(11)17-15-10-13(18(20)21)7-6-12(15)8-9-16(17)19/h2-7,10H,8-9H2,1H3,(H,20,21). The van der Waals surface area contributed by atoms with Crippen molar-refractivity contribution in [1.82, 2.24) is 0 Å². The molecule has 0 spiro atoms. The van der Waals surface area contributed by atoms with Gasteiger partial charge >= 0.3 is 5.97 Å². The van der Waals surface area contributed by atoms with Gasteiger partial charge in [0.15, 0.2) is 0 Å². The number of hydrogen-bond acceptors (Lipinski definition) is 1. The van der Waals surface area contributed by atoms with Crippen molar-refractivity contribution in [2.75, 3.05) is 0 Å². The molecule has 2 nitrogen and oxygen atoms in total. The van der Waals surface area contributed by atoms with E-state index in [0.717, 1.165) is 16.7 Å². The molecule has 3 rings (SSSR count). The number of hydrogen-bond donors (Lipinski definition) is 1. The van der Waals surface area contributed by atoms with Gasteiger partial charge in [-0.2, -0.15) is 0 Å². The third-order valence-corrected chi connectivity index (χ3v) is 3.93. The van der Waals surface area contributed by atoms with Crippen LogP contribution in [-0.4, -0.2) is 11.1 Å². The average Bonchev–Trinajstić information content (AvgIpc) is 2.48. The molecule has 0 radical (unpaired) electrons. The van der Waals surface area contributed by atoms with E-state index in [9.17, 15) is 9.18 Å². The van der Waals surface area contributed by atoms with E-state index >= 15 is 0 Å². The first-order valence-corrected chi connectivity index (χ1v) is 6.89.